The molecule has 1 amide bonds. The van der Waals surface area contributed by atoms with Gasteiger partial charge >= 0.3 is 0 Å². The number of nitrogens with zero attached hydrogens (tertiary/aromatic N) is 3. The summed E-state index contributed by atoms with van der Waals surface area (Å²) in [5.74, 6) is -0.374. The lowest BCUT2D eigenvalue weighted by molar-refractivity contribution is 0.0378. The first-order valence-corrected chi connectivity index (χ1v) is 5.71. The van der Waals surface area contributed by atoms with E-state index in [2.05, 4.69) is 15.3 Å². The van der Waals surface area contributed by atoms with Crippen LogP contribution in [-0.2, 0) is 0 Å². The summed E-state index contributed by atoms with van der Waals surface area (Å²) in [5, 5.41) is 2.89. The molecule has 0 atom stereocenters. The van der Waals surface area contributed by atoms with Gasteiger partial charge in [0.2, 0.25) is 0 Å². The maximum Gasteiger partial charge on any atom is 0.271 e. The van der Waals surface area contributed by atoms with Crippen LogP contribution in [-0.4, -0.2) is 52.9 Å². The second-order valence-electron chi connectivity index (χ2n) is 4.00. The smallest absolute Gasteiger partial charge is 0.271 e. The van der Waals surface area contributed by atoms with Gasteiger partial charge in [-0.15, -0.1) is 0 Å². The fourth-order valence-electron chi connectivity index (χ4n) is 1.69. The number of alkyl halides is 2. The number of halogens is 3. The first-order chi connectivity index (χ1) is 8.54. The van der Waals surface area contributed by atoms with Crippen LogP contribution >= 0.6 is 11.6 Å². The number of nitrogens with one attached hydrogen (secondary N) is 1. The summed E-state index contributed by atoms with van der Waals surface area (Å²) in [4.78, 5) is 20.8. The summed E-state index contributed by atoms with van der Waals surface area (Å²) in [5.41, 5.74) is 0.159. The van der Waals surface area contributed by atoms with Crippen LogP contribution in [0.25, 0.3) is 0 Å². The maximum absolute atomic E-state index is 12.0. The SMILES string of the molecule is O=C(NC1CN(CC(F)F)C1)c1cnc(Cl)cn1. The zero-order valence-electron chi connectivity index (χ0n) is 9.31. The minimum absolute atomic E-state index is 0.117. The van der Waals surface area contributed by atoms with Gasteiger partial charge in [-0.05, 0) is 0 Å². The van der Waals surface area contributed by atoms with Gasteiger partial charge in [-0.3, -0.25) is 9.69 Å². The summed E-state index contributed by atoms with van der Waals surface area (Å²) in [6.45, 7) is 0.599. The zero-order valence-corrected chi connectivity index (χ0v) is 10.1. The molecule has 1 aromatic heterocycles. The van der Waals surface area contributed by atoms with Gasteiger partial charge in [0.25, 0.3) is 12.3 Å². The molecule has 1 aliphatic heterocycles. The van der Waals surface area contributed by atoms with Crippen molar-refractivity contribution in [3.8, 4) is 0 Å². The molecule has 1 aromatic rings. The van der Waals surface area contributed by atoms with E-state index in [0.717, 1.165) is 0 Å². The van der Waals surface area contributed by atoms with Gasteiger partial charge in [0, 0.05) is 13.1 Å². The molecule has 2 heterocycles. The summed E-state index contributed by atoms with van der Waals surface area (Å²) in [6, 6.07) is -0.117. The van der Waals surface area contributed by atoms with Crippen molar-refractivity contribution in [1.29, 1.82) is 0 Å². The van der Waals surface area contributed by atoms with Crippen LogP contribution in [0.1, 0.15) is 10.5 Å². The molecule has 1 N–H and O–H groups in total. The Hall–Kier alpha value is -1.34. The fourth-order valence-corrected chi connectivity index (χ4v) is 1.79. The van der Waals surface area contributed by atoms with E-state index in [9.17, 15) is 13.6 Å². The Labute approximate surface area is 107 Å². The number of aromatic nitrogens is 2. The number of amides is 1. The second-order valence-corrected chi connectivity index (χ2v) is 4.39. The molecule has 0 aromatic carbocycles. The van der Waals surface area contributed by atoms with Crippen LogP contribution in [0.15, 0.2) is 12.4 Å². The number of rotatable bonds is 4. The topological polar surface area (TPSA) is 58.1 Å². The molecule has 0 spiro atoms. The Kier molecular flexibility index (Phi) is 4.03. The highest BCUT2D eigenvalue weighted by molar-refractivity contribution is 6.29. The molecule has 2 rings (SSSR count). The lowest BCUT2D eigenvalue weighted by Gasteiger charge is -2.39. The van der Waals surface area contributed by atoms with Gasteiger partial charge in [0.1, 0.15) is 10.8 Å². The van der Waals surface area contributed by atoms with Gasteiger partial charge < -0.3 is 5.32 Å². The molecule has 0 unspecified atom stereocenters. The molecule has 0 radical (unpaired) electrons. The summed E-state index contributed by atoms with van der Waals surface area (Å²) >= 11 is 5.55. The highest BCUT2D eigenvalue weighted by Crippen LogP contribution is 2.10. The Bertz CT molecular complexity index is 422. The third-order valence-corrected chi connectivity index (χ3v) is 2.74. The van der Waals surface area contributed by atoms with Crippen molar-refractivity contribution in [3.05, 3.63) is 23.2 Å². The first kappa shape index (κ1) is 13.1. The molecule has 1 fully saturated rings. The van der Waals surface area contributed by atoms with E-state index in [0.29, 0.717) is 13.1 Å². The summed E-state index contributed by atoms with van der Waals surface area (Å²) < 4.78 is 24.1. The van der Waals surface area contributed by atoms with Crippen molar-refractivity contribution in [1.82, 2.24) is 20.2 Å². The van der Waals surface area contributed by atoms with Gasteiger partial charge in [0.15, 0.2) is 0 Å². The molecule has 18 heavy (non-hydrogen) atoms. The van der Waals surface area contributed by atoms with E-state index in [-0.39, 0.29) is 29.3 Å². The lowest BCUT2D eigenvalue weighted by atomic mass is 10.1. The van der Waals surface area contributed by atoms with Crippen LogP contribution in [0, 0.1) is 0 Å². The van der Waals surface area contributed by atoms with Crippen molar-refractivity contribution in [2.24, 2.45) is 0 Å². The highest BCUT2D eigenvalue weighted by Gasteiger charge is 2.30. The minimum Gasteiger partial charge on any atom is -0.345 e. The predicted molar refractivity (Wildman–Crippen MR) is 60.7 cm³/mol. The van der Waals surface area contributed by atoms with Gasteiger partial charge in [0.05, 0.1) is 25.0 Å². The molecule has 0 aliphatic carbocycles. The van der Waals surface area contributed by atoms with Crippen molar-refractivity contribution >= 4 is 17.5 Å². The molecule has 1 saturated heterocycles. The molecule has 5 nitrogen and oxygen atoms in total. The number of carbonyl (C=O) groups is 1. The molecule has 98 valence electrons. The second kappa shape index (κ2) is 5.53. The zero-order chi connectivity index (χ0) is 13.1. The molecule has 8 heteroatoms. The Morgan fingerprint density at radius 1 is 1.50 bits per heavy atom. The van der Waals surface area contributed by atoms with Crippen LogP contribution in [0.4, 0.5) is 8.78 Å². The van der Waals surface area contributed by atoms with E-state index in [1.807, 2.05) is 0 Å². The predicted octanol–water partition coefficient (Wildman–Crippen LogP) is 0.809. The van der Waals surface area contributed by atoms with E-state index in [1.165, 1.54) is 12.4 Å². The van der Waals surface area contributed by atoms with E-state index in [1.54, 1.807) is 4.90 Å². The van der Waals surface area contributed by atoms with E-state index >= 15 is 0 Å². The summed E-state index contributed by atoms with van der Waals surface area (Å²) in [7, 11) is 0. The van der Waals surface area contributed by atoms with E-state index in [4.69, 9.17) is 11.6 Å². The Balaban J connectivity index is 1.78. The highest BCUT2D eigenvalue weighted by atomic mass is 35.5. The minimum atomic E-state index is -2.34. The molecular weight excluding hydrogens is 266 g/mol. The van der Waals surface area contributed by atoms with Crippen molar-refractivity contribution in [2.45, 2.75) is 12.5 Å². The average molecular weight is 277 g/mol. The molecule has 0 saturated carbocycles. The van der Waals surface area contributed by atoms with Crippen molar-refractivity contribution < 1.29 is 13.6 Å². The quantitative estimate of drug-likeness (QED) is 0.884. The lowest BCUT2D eigenvalue weighted by Crippen LogP contribution is -2.60. The first-order valence-electron chi connectivity index (χ1n) is 5.33. The van der Waals surface area contributed by atoms with Gasteiger partial charge in [-0.25, -0.2) is 18.7 Å². The number of hydrogen-bond acceptors (Lipinski definition) is 4. The maximum atomic E-state index is 12.0. The molecule has 0 bridgehead atoms. The molecule has 1 aliphatic rings. The van der Waals surface area contributed by atoms with E-state index < -0.39 is 6.43 Å². The Morgan fingerprint density at radius 3 is 2.78 bits per heavy atom. The molecular formula is C10H11ClF2N4O. The third kappa shape index (κ3) is 3.33. The standard InChI is InChI=1S/C10H11ClF2N4O/c11-8-2-14-7(1-15-8)10(18)16-6-3-17(4-6)5-9(12)13/h1-2,6,9H,3-5H2,(H,16,18). The van der Waals surface area contributed by atoms with Crippen molar-refractivity contribution in [2.75, 3.05) is 19.6 Å². The Morgan fingerprint density at radius 2 is 2.22 bits per heavy atom. The van der Waals surface area contributed by atoms with Crippen LogP contribution < -0.4 is 5.32 Å². The van der Waals surface area contributed by atoms with Crippen molar-refractivity contribution in [3.63, 3.8) is 0 Å². The third-order valence-electron chi connectivity index (χ3n) is 2.54. The average Bonchev–Trinajstić information content (AvgIpc) is 2.26. The number of hydrogen-bond donors (Lipinski definition) is 1. The van der Waals surface area contributed by atoms with Gasteiger partial charge in [-0.2, -0.15) is 0 Å². The largest absolute Gasteiger partial charge is 0.345 e. The normalized spacial score (nSPS) is 16.7. The fraction of sp³-hybridized carbons (Fsp3) is 0.500. The number of likely N-dealkylation sites (tertiary alicyclic amines) is 1. The van der Waals surface area contributed by atoms with Crippen LogP contribution in [0.3, 0.4) is 0 Å². The summed E-state index contributed by atoms with van der Waals surface area (Å²) in [6.07, 6.45) is 0.205. The van der Waals surface area contributed by atoms with Gasteiger partial charge in [-0.1, -0.05) is 11.6 Å². The van der Waals surface area contributed by atoms with Crippen LogP contribution in [0.2, 0.25) is 5.15 Å². The van der Waals surface area contributed by atoms with Crippen LogP contribution in [0.5, 0.6) is 0 Å². The monoisotopic (exact) mass is 276 g/mol. The number of carbonyl (C=O) groups excluding carboxylic acids is 1.